The van der Waals surface area contributed by atoms with E-state index >= 15 is 0 Å². The van der Waals surface area contributed by atoms with E-state index in [4.69, 9.17) is 30.5 Å². The van der Waals surface area contributed by atoms with E-state index in [1.807, 2.05) is 0 Å². The fourth-order valence-corrected chi connectivity index (χ4v) is 2.62. The van der Waals surface area contributed by atoms with Crippen molar-refractivity contribution in [3.05, 3.63) is 52.2 Å². The fourth-order valence-electron chi connectivity index (χ4n) is 2.50. The molecule has 1 aliphatic heterocycles. The molecule has 0 aliphatic carbocycles. The maximum absolute atomic E-state index is 12.7. The van der Waals surface area contributed by atoms with E-state index in [1.165, 1.54) is 21.3 Å². The van der Waals surface area contributed by atoms with Crippen molar-refractivity contribution in [2.75, 3.05) is 21.3 Å². The van der Waals surface area contributed by atoms with Gasteiger partial charge < -0.3 is 18.9 Å². The Labute approximate surface area is 144 Å². The molecule has 124 valence electrons. The van der Waals surface area contributed by atoms with E-state index in [-0.39, 0.29) is 11.5 Å². The molecule has 1 heterocycles. The van der Waals surface area contributed by atoms with Crippen LogP contribution >= 0.6 is 11.6 Å². The van der Waals surface area contributed by atoms with Gasteiger partial charge in [-0.05, 0) is 23.8 Å². The number of hydrogen-bond acceptors (Lipinski definition) is 5. The highest BCUT2D eigenvalue weighted by Crippen LogP contribution is 2.50. The van der Waals surface area contributed by atoms with Crippen LogP contribution in [-0.4, -0.2) is 27.1 Å². The average Bonchev–Trinajstić information content (AvgIpc) is 2.92. The normalized spacial score (nSPS) is 14.3. The standard InChI is InChI=1S/C18H15ClO5/c1-21-12-9-14(22-2)17(23-3)18-15(12)16(20)13(24-18)8-10-4-6-11(19)7-5-10/h4-9H,1-3H3/b13-8-. The van der Waals surface area contributed by atoms with Gasteiger partial charge in [0, 0.05) is 11.1 Å². The number of hydrogen-bond donors (Lipinski definition) is 0. The number of Topliss-reactive ketones (excluding diaryl/α,β-unsaturated/α-hetero) is 1. The van der Waals surface area contributed by atoms with Gasteiger partial charge in [-0.25, -0.2) is 0 Å². The van der Waals surface area contributed by atoms with Crippen molar-refractivity contribution in [3.63, 3.8) is 0 Å². The fraction of sp³-hybridized carbons (Fsp3) is 0.167. The van der Waals surface area contributed by atoms with Crippen LogP contribution in [0.1, 0.15) is 15.9 Å². The number of ketones is 1. The number of ether oxygens (including phenoxy) is 4. The van der Waals surface area contributed by atoms with Crippen molar-refractivity contribution in [2.45, 2.75) is 0 Å². The van der Waals surface area contributed by atoms with Gasteiger partial charge in [-0.15, -0.1) is 0 Å². The first-order valence-electron chi connectivity index (χ1n) is 7.11. The third kappa shape index (κ3) is 2.67. The summed E-state index contributed by atoms with van der Waals surface area (Å²) in [4.78, 5) is 12.7. The molecular weight excluding hydrogens is 332 g/mol. The zero-order valence-electron chi connectivity index (χ0n) is 13.4. The van der Waals surface area contributed by atoms with Crippen molar-refractivity contribution in [1.29, 1.82) is 0 Å². The number of allylic oxidation sites excluding steroid dienone is 1. The van der Waals surface area contributed by atoms with Gasteiger partial charge in [0.25, 0.3) is 0 Å². The Hall–Kier alpha value is -2.66. The molecule has 0 spiro atoms. The van der Waals surface area contributed by atoms with Crippen LogP contribution in [-0.2, 0) is 0 Å². The molecule has 0 fully saturated rings. The molecular formula is C18H15ClO5. The first-order chi connectivity index (χ1) is 11.6. The molecule has 0 saturated carbocycles. The van der Waals surface area contributed by atoms with Crippen LogP contribution in [0.5, 0.6) is 23.0 Å². The summed E-state index contributed by atoms with van der Waals surface area (Å²) < 4.78 is 21.7. The van der Waals surface area contributed by atoms with Gasteiger partial charge in [-0.2, -0.15) is 0 Å². The summed E-state index contributed by atoms with van der Waals surface area (Å²) >= 11 is 5.88. The highest BCUT2D eigenvalue weighted by molar-refractivity contribution is 6.30. The van der Waals surface area contributed by atoms with E-state index in [0.717, 1.165) is 5.56 Å². The maximum atomic E-state index is 12.7. The minimum absolute atomic E-state index is 0.178. The third-order valence-electron chi connectivity index (χ3n) is 3.64. The summed E-state index contributed by atoms with van der Waals surface area (Å²) in [6.45, 7) is 0. The lowest BCUT2D eigenvalue weighted by atomic mass is 10.1. The minimum atomic E-state index is -0.280. The lowest BCUT2D eigenvalue weighted by Crippen LogP contribution is -2.00. The van der Waals surface area contributed by atoms with E-state index in [1.54, 1.807) is 36.4 Å². The van der Waals surface area contributed by atoms with Crippen molar-refractivity contribution in [2.24, 2.45) is 0 Å². The van der Waals surface area contributed by atoms with Crippen molar-refractivity contribution in [3.8, 4) is 23.0 Å². The smallest absolute Gasteiger partial charge is 0.235 e. The molecule has 2 aromatic carbocycles. The van der Waals surface area contributed by atoms with Crippen LogP contribution in [0.15, 0.2) is 36.1 Å². The molecule has 24 heavy (non-hydrogen) atoms. The minimum Gasteiger partial charge on any atom is -0.496 e. The first-order valence-corrected chi connectivity index (χ1v) is 7.49. The lowest BCUT2D eigenvalue weighted by molar-refractivity contribution is 0.101. The summed E-state index contributed by atoms with van der Waals surface area (Å²) in [6, 6.07) is 8.67. The SMILES string of the molecule is COc1cc(OC)c2c(c1OC)O/C(=C\c1ccc(Cl)cc1)C2=O. The second-order valence-electron chi connectivity index (χ2n) is 5.01. The summed E-state index contributed by atoms with van der Waals surface area (Å²) in [7, 11) is 4.47. The third-order valence-corrected chi connectivity index (χ3v) is 3.89. The molecule has 0 bridgehead atoms. The van der Waals surface area contributed by atoms with Crippen LogP contribution in [0, 0.1) is 0 Å². The van der Waals surface area contributed by atoms with E-state index < -0.39 is 0 Å². The molecule has 0 atom stereocenters. The zero-order chi connectivity index (χ0) is 17.3. The number of methoxy groups -OCH3 is 3. The molecule has 0 N–H and O–H groups in total. The van der Waals surface area contributed by atoms with E-state index in [0.29, 0.717) is 33.6 Å². The van der Waals surface area contributed by atoms with Crippen LogP contribution in [0.4, 0.5) is 0 Å². The van der Waals surface area contributed by atoms with Gasteiger partial charge in [0.05, 0.1) is 21.3 Å². The second-order valence-corrected chi connectivity index (χ2v) is 5.45. The van der Waals surface area contributed by atoms with Gasteiger partial charge in [0.15, 0.2) is 17.3 Å². The highest BCUT2D eigenvalue weighted by Gasteiger charge is 2.36. The van der Waals surface area contributed by atoms with Gasteiger partial charge >= 0.3 is 0 Å². The summed E-state index contributed by atoms with van der Waals surface area (Å²) in [6.07, 6.45) is 1.64. The van der Waals surface area contributed by atoms with E-state index in [2.05, 4.69) is 0 Å². The Balaban J connectivity index is 2.10. The number of benzene rings is 2. The van der Waals surface area contributed by atoms with Crippen LogP contribution in [0.2, 0.25) is 5.02 Å². The topological polar surface area (TPSA) is 54.0 Å². The molecule has 3 rings (SSSR count). The summed E-state index contributed by atoms with van der Waals surface area (Å²) in [5, 5.41) is 0.618. The molecule has 2 aromatic rings. The van der Waals surface area contributed by atoms with Crippen molar-refractivity contribution < 1.29 is 23.7 Å². The van der Waals surface area contributed by atoms with Gasteiger partial charge in [0.1, 0.15) is 11.3 Å². The van der Waals surface area contributed by atoms with Crippen LogP contribution in [0.25, 0.3) is 6.08 Å². The Morgan fingerprint density at radius 2 is 1.67 bits per heavy atom. The van der Waals surface area contributed by atoms with Crippen LogP contribution < -0.4 is 18.9 Å². The van der Waals surface area contributed by atoms with Gasteiger partial charge in [0.2, 0.25) is 11.5 Å². The summed E-state index contributed by atoms with van der Waals surface area (Å²) in [5.74, 6) is 1.33. The largest absolute Gasteiger partial charge is 0.496 e. The number of halogens is 1. The highest BCUT2D eigenvalue weighted by atomic mass is 35.5. The predicted octanol–water partition coefficient (Wildman–Crippen LogP) is 3.98. The second kappa shape index (κ2) is 6.45. The predicted molar refractivity (Wildman–Crippen MR) is 90.5 cm³/mol. The van der Waals surface area contributed by atoms with Crippen molar-refractivity contribution in [1.82, 2.24) is 0 Å². The van der Waals surface area contributed by atoms with E-state index in [9.17, 15) is 4.79 Å². The lowest BCUT2D eigenvalue weighted by Gasteiger charge is -2.13. The Morgan fingerprint density at radius 1 is 1.00 bits per heavy atom. The monoisotopic (exact) mass is 346 g/mol. The first kappa shape index (κ1) is 16.2. The number of rotatable bonds is 4. The number of carbonyl (C=O) groups excluding carboxylic acids is 1. The molecule has 0 radical (unpaired) electrons. The Bertz CT molecular complexity index is 824. The molecule has 0 aromatic heterocycles. The number of fused-ring (bicyclic) bond motifs is 1. The molecule has 0 amide bonds. The molecule has 1 aliphatic rings. The van der Waals surface area contributed by atoms with Gasteiger partial charge in [-0.1, -0.05) is 23.7 Å². The molecule has 6 heteroatoms. The maximum Gasteiger partial charge on any atom is 0.235 e. The molecule has 0 unspecified atom stereocenters. The Morgan fingerprint density at radius 3 is 2.25 bits per heavy atom. The summed E-state index contributed by atoms with van der Waals surface area (Å²) in [5.41, 5.74) is 1.11. The molecule has 0 saturated heterocycles. The number of carbonyl (C=O) groups is 1. The molecule has 5 nitrogen and oxygen atoms in total. The Kier molecular flexibility index (Phi) is 4.36. The average molecular weight is 347 g/mol. The van der Waals surface area contributed by atoms with Crippen molar-refractivity contribution >= 4 is 23.5 Å². The quantitative estimate of drug-likeness (QED) is 0.784. The van der Waals surface area contributed by atoms with Crippen LogP contribution in [0.3, 0.4) is 0 Å². The van der Waals surface area contributed by atoms with Gasteiger partial charge in [-0.3, -0.25) is 4.79 Å². The zero-order valence-corrected chi connectivity index (χ0v) is 14.1.